The van der Waals surface area contributed by atoms with Crippen LogP contribution in [0.2, 0.25) is 0 Å². The largest absolute Gasteiger partial charge is 0.311 e. The summed E-state index contributed by atoms with van der Waals surface area (Å²) in [7, 11) is 1.92. The van der Waals surface area contributed by atoms with Crippen LogP contribution in [0.15, 0.2) is 6.20 Å². The Labute approximate surface area is 110 Å². The van der Waals surface area contributed by atoms with Crippen LogP contribution in [0.1, 0.15) is 32.9 Å². The maximum absolute atomic E-state index is 4.21. The molecule has 1 aliphatic rings. The van der Waals surface area contributed by atoms with Gasteiger partial charge in [-0.15, -0.1) is 5.10 Å². The summed E-state index contributed by atoms with van der Waals surface area (Å²) in [5.41, 5.74) is 1.07. The van der Waals surface area contributed by atoms with Crippen LogP contribution in [0, 0.1) is 5.92 Å². The van der Waals surface area contributed by atoms with Crippen LogP contribution in [-0.2, 0) is 13.6 Å². The second kappa shape index (κ2) is 5.80. The predicted octanol–water partition coefficient (Wildman–Crippen LogP) is 1.02. The van der Waals surface area contributed by atoms with Crippen molar-refractivity contribution in [3.63, 3.8) is 0 Å². The van der Waals surface area contributed by atoms with E-state index in [4.69, 9.17) is 0 Å². The second-order valence-corrected chi connectivity index (χ2v) is 5.64. The van der Waals surface area contributed by atoms with Gasteiger partial charge in [0.25, 0.3) is 0 Å². The molecule has 1 N–H and O–H groups in total. The van der Waals surface area contributed by atoms with E-state index in [1.54, 1.807) is 4.68 Å². The summed E-state index contributed by atoms with van der Waals surface area (Å²) < 4.78 is 1.78. The Morgan fingerprint density at radius 3 is 2.83 bits per heavy atom. The number of nitrogens with zero attached hydrogens (tertiary/aromatic N) is 4. The fourth-order valence-corrected chi connectivity index (χ4v) is 2.69. The highest BCUT2D eigenvalue weighted by Crippen LogP contribution is 2.18. The van der Waals surface area contributed by atoms with Crippen molar-refractivity contribution < 1.29 is 0 Å². The molecule has 1 saturated heterocycles. The first kappa shape index (κ1) is 13.5. The number of hydrogen-bond donors (Lipinski definition) is 1. The van der Waals surface area contributed by atoms with Crippen LogP contribution in [0.4, 0.5) is 0 Å². The lowest BCUT2D eigenvalue weighted by molar-refractivity contribution is 0.0888. The maximum Gasteiger partial charge on any atom is 0.0967 e. The molecule has 18 heavy (non-hydrogen) atoms. The van der Waals surface area contributed by atoms with Crippen molar-refractivity contribution in [1.82, 2.24) is 25.2 Å². The average Bonchev–Trinajstić information content (AvgIpc) is 2.74. The Bertz CT molecular complexity index is 373. The lowest BCUT2D eigenvalue weighted by Gasteiger charge is -2.41. The third-order valence-electron chi connectivity index (χ3n) is 3.82. The highest BCUT2D eigenvalue weighted by atomic mass is 15.4. The van der Waals surface area contributed by atoms with Crippen molar-refractivity contribution in [2.24, 2.45) is 13.0 Å². The van der Waals surface area contributed by atoms with Crippen molar-refractivity contribution in [2.75, 3.05) is 13.1 Å². The van der Waals surface area contributed by atoms with Crippen LogP contribution in [0.3, 0.4) is 0 Å². The molecule has 0 radical (unpaired) electrons. The molecule has 2 rings (SSSR count). The van der Waals surface area contributed by atoms with E-state index in [1.165, 1.54) is 6.42 Å². The molecule has 0 saturated carbocycles. The summed E-state index contributed by atoms with van der Waals surface area (Å²) >= 11 is 0. The van der Waals surface area contributed by atoms with Gasteiger partial charge in [0.1, 0.15) is 0 Å². The van der Waals surface area contributed by atoms with E-state index in [1.807, 2.05) is 13.2 Å². The summed E-state index contributed by atoms with van der Waals surface area (Å²) in [5, 5.41) is 11.9. The topological polar surface area (TPSA) is 46.0 Å². The number of hydrogen-bond acceptors (Lipinski definition) is 4. The van der Waals surface area contributed by atoms with E-state index in [0.29, 0.717) is 18.0 Å². The molecule has 1 aromatic rings. The van der Waals surface area contributed by atoms with Gasteiger partial charge in [0.15, 0.2) is 0 Å². The highest BCUT2D eigenvalue weighted by molar-refractivity contribution is 4.96. The summed E-state index contributed by atoms with van der Waals surface area (Å²) in [4.78, 5) is 2.55. The van der Waals surface area contributed by atoms with Gasteiger partial charge in [-0.2, -0.15) is 0 Å². The lowest BCUT2D eigenvalue weighted by Crippen LogP contribution is -2.57. The number of aryl methyl sites for hydroxylation is 1. The van der Waals surface area contributed by atoms with Gasteiger partial charge in [0.2, 0.25) is 0 Å². The van der Waals surface area contributed by atoms with Gasteiger partial charge in [0, 0.05) is 45.0 Å². The molecule has 1 fully saturated rings. The molecule has 2 unspecified atom stereocenters. The van der Waals surface area contributed by atoms with Crippen molar-refractivity contribution in [3.05, 3.63) is 11.9 Å². The zero-order chi connectivity index (χ0) is 13.1. The maximum atomic E-state index is 4.21. The number of nitrogens with one attached hydrogen (secondary N) is 1. The molecule has 0 bridgehead atoms. The Morgan fingerprint density at radius 1 is 1.50 bits per heavy atom. The van der Waals surface area contributed by atoms with E-state index < -0.39 is 0 Å². The van der Waals surface area contributed by atoms with E-state index in [9.17, 15) is 0 Å². The predicted molar refractivity (Wildman–Crippen MR) is 72.1 cm³/mol. The van der Waals surface area contributed by atoms with Gasteiger partial charge in [-0.05, 0) is 12.3 Å². The van der Waals surface area contributed by atoms with E-state index in [-0.39, 0.29) is 0 Å². The summed E-state index contributed by atoms with van der Waals surface area (Å²) in [6.07, 6.45) is 3.20. The Balaban J connectivity index is 2.04. The number of piperazine rings is 1. The molecule has 5 nitrogen and oxygen atoms in total. The standard InChI is InChI=1S/C13H25N5/c1-5-11-8-18(13(6-14-11)10(2)3)9-12-7-17(4)16-15-12/h7,10-11,13-14H,5-6,8-9H2,1-4H3. The van der Waals surface area contributed by atoms with Crippen LogP contribution >= 0.6 is 0 Å². The van der Waals surface area contributed by atoms with Crippen LogP contribution in [-0.4, -0.2) is 45.1 Å². The first-order chi connectivity index (χ1) is 8.60. The molecule has 5 heteroatoms. The monoisotopic (exact) mass is 251 g/mol. The molecule has 1 aliphatic heterocycles. The van der Waals surface area contributed by atoms with Crippen molar-refractivity contribution in [1.29, 1.82) is 0 Å². The second-order valence-electron chi connectivity index (χ2n) is 5.64. The van der Waals surface area contributed by atoms with Crippen LogP contribution < -0.4 is 5.32 Å². The van der Waals surface area contributed by atoms with Crippen molar-refractivity contribution in [3.8, 4) is 0 Å². The fraction of sp³-hybridized carbons (Fsp3) is 0.846. The van der Waals surface area contributed by atoms with Crippen LogP contribution in [0.25, 0.3) is 0 Å². The minimum atomic E-state index is 0.592. The normalized spacial score (nSPS) is 25.8. The zero-order valence-corrected chi connectivity index (χ0v) is 11.9. The minimum Gasteiger partial charge on any atom is -0.311 e. The minimum absolute atomic E-state index is 0.592. The number of rotatable bonds is 4. The van der Waals surface area contributed by atoms with Gasteiger partial charge in [-0.25, -0.2) is 0 Å². The molecule has 0 amide bonds. The molecule has 0 aliphatic carbocycles. The van der Waals surface area contributed by atoms with Crippen LogP contribution in [0.5, 0.6) is 0 Å². The SMILES string of the molecule is CCC1CN(Cc2cn(C)nn2)C(C(C)C)CN1. The summed E-state index contributed by atoms with van der Waals surface area (Å²) in [6, 6.07) is 1.20. The molecule has 2 heterocycles. The molecule has 0 aromatic carbocycles. The van der Waals surface area contributed by atoms with E-state index in [2.05, 4.69) is 41.3 Å². The zero-order valence-electron chi connectivity index (χ0n) is 11.9. The highest BCUT2D eigenvalue weighted by Gasteiger charge is 2.29. The Hall–Kier alpha value is -0.940. The van der Waals surface area contributed by atoms with Gasteiger partial charge >= 0.3 is 0 Å². The van der Waals surface area contributed by atoms with Gasteiger partial charge in [0.05, 0.1) is 5.69 Å². The Kier molecular flexibility index (Phi) is 4.35. The number of aromatic nitrogens is 3. The van der Waals surface area contributed by atoms with Crippen molar-refractivity contribution >= 4 is 0 Å². The third-order valence-corrected chi connectivity index (χ3v) is 3.82. The van der Waals surface area contributed by atoms with Gasteiger partial charge in [-0.1, -0.05) is 26.0 Å². The Morgan fingerprint density at radius 2 is 2.28 bits per heavy atom. The quantitative estimate of drug-likeness (QED) is 0.868. The van der Waals surface area contributed by atoms with E-state index >= 15 is 0 Å². The molecular formula is C13H25N5. The fourth-order valence-electron chi connectivity index (χ4n) is 2.69. The van der Waals surface area contributed by atoms with E-state index in [0.717, 1.165) is 25.3 Å². The average molecular weight is 251 g/mol. The third kappa shape index (κ3) is 3.09. The smallest absolute Gasteiger partial charge is 0.0967 e. The molecule has 2 atom stereocenters. The van der Waals surface area contributed by atoms with Gasteiger partial charge in [-0.3, -0.25) is 9.58 Å². The molecule has 102 valence electrons. The van der Waals surface area contributed by atoms with Gasteiger partial charge < -0.3 is 5.32 Å². The molecule has 1 aromatic heterocycles. The van der Waals surface area contributed by atoms with Crippen molar-refractivity contribution in [2.45, 2.75) is 45.8 Å². The summed E-state index contributed by atoms with van der Waals surface area (Å²) in [5.74, 6) is 0.659. The lowest BCUT2D eigenvalue weighted by atomic mass is 9.97. The molecule has 0 spiro atoms. The first-order valence-corrected chi connectivity index (χ1v) is 6.92. The first-order valence-electron chi connectivity index (χ1n) is 6.92. The summed E-state index contributed by atoms with van der Waals surface area (Å²) in [6.45, 7) is 9.93. The molecular weight excluding hydrogens is 226 g/mol.